The molecule has 2 aromatic rings. The molecule has 0 spiro atoms. The average Bonchev–Trinajstić information content (AvgIpc) is 2.63. The van der Waals surface area contributed by atoms with Gasteiger partial charge >= 0.3 is 0 Å². The molecule has 6 heteroatoms. The molecule has 2 aromatic carbocycles. The van der Waals surface area contributed by atoms with Gasteiger partial charge in [-0.05, 0) is 55.8 Å². The Kier molecular flexibility index (Phi) is 5.48. The van der Waals surface area contributed by atoms with Crippen molar-refractivity contribution >= 4 is 21.8 Å². The minimum atomic E-state index is -0.596. The summed E-state index contributed by atoms with van der Waals surface area (Å²) < 4.78 is 17.7. The van der Waals surface area contributed by atoms with E-state index in [2.05, 4.69) is 21.2 Å². The molecule has 0 saturated heterocycles. The highest BCUT2D eigenvalue weighted by molar-refractivity contribution is 9.10. The number of hydrogen-bond donors (Lipinski definition) is 1. The zero-order valence-electron chi connectivity index (χ0n) is 14.1. The van der Waals surface area contributed by atoms with Crippen LogP contribution in [0.2, 0.25) is 0 Å². The Morgan fingerprint density at radius 3 is 2.48 bits per heavy atom. The lowest BCUT2D eigenvalue weighted by atomic mass is 10.1. The summed E-state index contributed by atoms with van der Waals surface area (Å²) >= 11 is 3.37. The molecule has 5 nitrogen and oxygen atoms in total. The van der Waals surface area contributed by atoms with Gasteiger partial charge in [0.2, 0.25) is 0 Å². The van der Waals surface area contributed by atoms with Crippen LogP contribution in [0.15, 0.2) is 46.9 Å². The predicted octanol–water partition coefficient (Wildman–Crippen LogP) is 3.87. The van der Waals surface area contributed by atoms with E-state index in [4.69, 9.17) is 14.2 Å². The zero-order chi connectivity index (χ0) is 17.8. The first-order chi connectivity index (χ1) is 12.0. The maximum Gasteiger partial charge on any atom is 0.261 e. The van der Waals surface area contributed by atoms with E-state index in [0.717, 1.165) is 15.8 Å². The van der Waals surface area contributed by atoms with Gasteiger partial charge in [0.1, 0.15) is 19.0 Å². The Morgan fingerprint density at radius 2 is 1.76 bits per heavy atom. The lowest BCUT2D eigenvalue weighted by Crippen LogP contribution is -2.37. The van der Waals surface area contributed by atoms with Crippen molar-refractivity contribution in [3.05, 3.63) is 52.5 Å². The third-order valence-electron chi connectivity index (χ3n) is 3.92. The first-order valence-electron chi connectivity index (χ1n) is 8.15. The second kappa shape index (κ2) is 7.78. The number of carbonyl (C=O) groups excluding carboxylic acids is 1. The molecule has 1 aliphatic heterocycles. The molecule has 3 rings (SSSR count). The number of halogens is 1. The average molecular weight is 406 g/mol. The molecule has 132 valence electrons. The van der Waals surface area contributed by atoms with Crippen molar-refractivity contribution in [1.82, 2.24) is 5.32 Å². The maximum absolute atomic E-state index is 12.4. The summed E-state index contributed by atoms with van der Waals surface area (Å²) in [5, 5.41) is 2.96. The van der Waals surface area contributed by atoms with Gasteiger partial charge in [0.05, 0.1) is 6.04 Å². The molecule has 1 aliphatic rings. The third kappa shape index (κ3) is 4.45. The molecule has 0 bridgehead atoms. The van der Waals surface area contributed by atoms with Gasteiger partial charge in [-0.15, -0.1) is 0 Å². The summed E-state index contributed by atoms with van der Waals surface area (Å²) in [6.07, 6.45) is -0.596. The standard InChI is InChI=1S/C19H20BrNO4/c1-12(14-3-8-17-18(11-14)24-10-9-23-17)21-19(22)13(2)25-16-6-4-15(20)5-7-16/h3-8,11-13H,9-10H2,1-2H3,(H,21,22)/t12-,13-/m0/s1. The van der Waals surface area contributed by atoms with Crippen molar-refractivity contribution in [3.8, 4) is 17.2 Å². The van der Waals surface area contributed by atoms with Gasteiger partial charge in [-0.1, -0.05) is 22.0 Å². The van der Waals surface area contributed by atoms with Crippen molar-refractivity contribution in [3.63, 3.8) is 0 Å². The first-order valence-corrected chi connectivity index (χ1v) is 8.94. The Labute approximate surface area is 155 Å². The van der Waals surface area contributed by atoms with Crippen LogP contribution in [0.1, 0.15) is 25.5 Å². The molecule has 2 atom stereocenters. The fourth-order valence-corrected chi connectivity index (χ4v) is 2.78. The van der Waals surface area contributed by atoms with Crippen LogP contribution in [0.4, 0.5) is 0 Å². The van der Waals surface area contributed by atoms with Crippen molar-refractivity contribution in [1.29, 1.82) is 0 Å². The number of benzene rings is 2. The summed E-state index contributed by atoms with van der Waals surface area (Å²) in [6, 6.07) is 12.9. The van der Waals surface area contributed by atoms with E-state index >= 15 is 0 Å². The van der Waals surface area contributed by atoms with Crippen molar-refractivity contribution < 1.29 is 19.0 Å². The highest BCUT2D eigenvalue weighted by Gasteiger charge is 2.19. The van der Waals surface area contributed by atoms with Crippen LogP contribution in [0.5, 0.6) is 17.2 Å². The lowest BCUT2D eigenvalue weighted by Gasteiger charge is -2.22. The minimum absolute atomic E-state index is 0.167. The largest absolute Gasteiger partial charge is 0.486 e. The Bertz CT molecular complexity index is 748. The van der Waals surface area contributed by atoms with Gasteiger partial charge in [0, 0.05) is 4.47 Å². The normalized spacial score (nSPS) is 15.2. The van der Waals surface area contributed by atoms with E-state index in [-0.39, 0.29) is 11.9 Å². The van der Waals surface area contributed by atoms with E-state index in [1.165, 1.54) is 0 Å². The van der Waals surface area contributed by atoms with Crippen molar-refractivity contribution in [2.45, 2.75) is 26.0 Å². The summed E-state index contributed by atoms with van der Waals surface area (Å²) in [4.78, 5) is 12.4. The number of rotatable bonds is 5. The summed E-state index contributed by atoms with van der Waals surface area (Å²) in [6.45, 7) is 4.75. The number of fused-ring (bicyclic) bond motifs is 1. The molecule has 0 fully saturated rings. The Morgan fingerprint density at radius 1 is 1.08 bits per heavy atom. The topological polar surface area (TPSA) is 56.8 Å². The Balaban J connectivity index is 1.60. The first kappa shape index (κ1) is 17.6. The van der Waals surface area contributed by atoms with Crippen LogP contribution in [0, 0.1) is 0 Å². The second-order valence-electron chi connectivity index (χ2n) is 5.85. The molecule has 25 heavy (non-hydrogen) atoms. The molecule has 1 heterocycles. The molecule has 0 unspecified atom stereocenters. The molecule has 0 aliphatic carbocycles. The highest BCUT2D eigenvalue weighted by Crippen LogP contribution is 2.32. The van der Waals surface area contributed by atoms with Crippen LogP contribution in [-0.2, 0) is 4.79 Å². The molecular formula is C19H20BrNO4. The van der Waals surface area contributed by atoms with E-state index in [1.54, 1.807) is 6.92 Å². The zero-order valence-corrected chi connectivity index (χ0v) is 15.7. The van der Waals surface area contributed by atoms with Crippen LogP contribution in [0.3, 0.4) is 0 Å². The molecule has 0 saturated carbocycles. The molecule has 0 aromatic heterocycles. The fraction of sp³-hybridized carbons (Fsp3) is 0.316. The summed E-state index contributed by atoms with van der Waals surface area (Å²) in [5.41, 5.74) is 0.952. The number of carbonyl (C=O) groups is 1. The quantitative estimate of drug-likeness (QED) is 0.820. The van der Waals surface area contributed by atoms with Gasteiger partial charge in [0.15, 0.2) is 17.6 Å². The van der Waals surface area contributed by atoms with Gasteiger partial charge in [-0.3, -0.25) is 4.79 Å². The van der Waals surface area contributed by atoms with Gasteiger partial charge in [0.25, 0.3) is 5.91 Å². The molecular weight excluding hydrogens is 386 g/mol. The number of ether oxygens (including phenoxy) is 3. The molecule has 1 amide bonds. The van der Waals surface area contributed by atoms with Crippen molar-refractivity contribution in [2.75, 3.05) is 13.2 Å². The third-order valence-corrected chi connectivity index (χ3v) is 4.45. The predicted molar refractivity (Wildman–Crippen MR) is 98.2 cm³/mol. The SMILES string of the molecule is C[C@H](Oc1ccc(Br)cc1)C(=O)N[C@@H](C)c1ccc2c(c1)OCCO2. The smallest absolute Gasteiger partial charge is 0.261 e. The van der Waals surface area contributed by atoms with Gasteiger partial charge in [-0.25, -0.2) is 0 Å². The lowest BCUT2D eigenvalue weighted by molar-refractivity contribution is -0.127. The monoisotopic (exact) mass is 405 g/mol. The molecule has 1 N–H and O–H groups in total. The van der Waals surface area contributed by atoms with Crippen LogP contribution in [-0.4, -0.2) is 25.2 Å². The van der Waals surface area contributed by atoms with Crippen LogP contribution < -0.4 is 19.5 Å². The molecule has 0 radical (unpaired) electrons. The van der Waals surface area contributed by atoms with Gasteiger partial charge in [-0.2, -0.15) is 0 Å². The summed E-state index contributed by atoms with van der Waals surface area (Å²) in [7, 11) is 0. The van der Waals surface area contributed by atoms with E-state index < -0.39 is 6.10 Å². The van der Waals surface area contributed by atoms with Crippen LogP contribution in [0.25, 0.3) is 0 Å². The minimum Gasteiger partial charge on any atom is -0.486 e. The second-order valence-corrected chi connectivity index (χ2v) is 6.76. The van der Waals surface area contributed by atoms with Crippen molar-refractivity contribution in [2.24, 2.45) is 0 Å². The number of hydrogen-bond acceptors (Lipinski definition) is 4. The van der Waals surface area contributed by atoms with Gasteiger partial charge < -0.3 is 19.5 Å². The fourth-order valence-electron chi connectivity index (χ4n) is 2.51. The summed E-state index contributed by atoms with van der Waals surface area (Å²) in [5.74, 6) is 1.92. The maximum atomic E-state index is 12.4. The van der Waals surface area contributed by atoms with Crippen LogP contribution >= 0.6 is 15.9 Å². The number of amides is 1. The Hall–Kier alpha value is -2.21. The van der Waals surface area contributed by atoms with E-state index in [0.29, 0.717) is 24.7 Å². The number of nitrogens with one attached hydrogen (secondary N) is 1. The van der Waals surface area contributed by atoms with E-state index in [9.17, 15) is 4.79 Å². The van der Waals surface area contributed by atoms with E-state index in [1.807, 2.05) is 49.4 Å². The highest BCUT2D eigenvalue weighted by atomic mass is 79.9.